The van der Waals surface area contributed by atoms with Crippen LogP contribution in [0.1, 0.15) is 30.6 Å². The SMILES string of the molecule is O=C([C@@H](Oc1ccc(F)c(F)c1)c1ccccc1)N1CCC(n2cncn2)CC1. The second-order valence-electron chi connectivity index (χ2n) is 6.92. The number of piperidine rings is 1. The number of amides is 1. The summed E-state index contributed by atoms with van der Waals surface area (Å²) in [6, 6.07) is 12.5. The third kappa shape index (κ3) is 4.26. The predicted octanol–water partition coefficient (Wildman–Crippen LogP) is 3.54. The summed E-state index contributed by atoms with van der Waals surface area (Å²) < 4.78 is 34.5. The molecule has 0 spiro atoms. The van der Waals surface area contributed by atoms with Gasteiger partial charge in [-0.2, -0.15) is 5.10 Å². The molecule has 1 amide bonds. The number of hydrogen-bond acceptors (Lipinski definition) is 4. The fraction of sp³-hybridized carbons (Fsp3) is 0.286. The molecule has 0 saturated carbocycles. The summed E-state index contributed by atoms with van der Waals surface area (Å²) in [4.78, 5) is 19.0. The molecule has 1 aliphatic rings. The van der Waals surface area contributed by atoms with Gasteiger partial charge in [-0.15, -0.1) is 0 Å². The van der Waals surface area contributed by atoms with Crippen LogP contribution in [0.2, 0.25) is 0 Å². The van der Waals surface area contributed by atoms with Crippen molar-refractivity contribution in [1.29, 1.82) is 0 Å². The van der Waals surface area contributed by atoms with Crippen molar-refractivity contribution < 1.29 is 18.3 Å². The fourth-order valence-electron chi connectivity index (χ4n) is 3.50. The Balaban J connectivity index is 1.51. The van der Waals surface area contributed by atoms with Crippen molar-refractivity contribution in [3.05, 3.63) is 78.4 Å². The van der Waals surface area contributed by atoms with Crippen molar-refractivity contribution in [1.82, 2.24) is 19.7 Å². The minimum Gasteiger partial charge on any atom is -0.476 e. The molecule has 8 heteroatoms. The molecular weight excluding hydrogens is 378 g/mol. The molecular formula is C21H20F2N4O2. The lowest BCUT2D eigenvalue weighted by molar-refractivity contribution is -0.140. The van der Waals surface area contributed by atoms with Crippen molar-refractivity contribution in [2.24, 2.45) is 0 Å². The fourth-order valence-corrected chi connectivity index (χ4v) is 3.50. The molecule has 6 nitrogen and oxygen atoms in total. The number of hydrogen-bond donors (Lipinski definition) is 0. The van der Waals surface area contributed by atoms with Gasteiger partial charge in [0.05, 0.1) is 6.04 Å². The molecule has 1 aliphatic heterocycles. The molecule has 2 heterocycles. The lowest BCUT2D eigenvalue weighted by Gasteiger charge is -2.34. The van der Waals surface area contributed by atoms with E-state index in [-0.39, 0.29) is 17.7 Å². The molecule has 3 aromatic rings. The average molecular weight is 398 g/mol. The first kappa shape index (κ1) is 19.0. The van der Waals surface area contributed by atoms with Gasteiger partial charge in [0.1, 0.15) is 18.4 Å². The summed E-state index contributed by atoms with van der Waals surface area (Å²) in [5.41, 5.74) is 0.653. The Hall–Kier alpha value is -3.29. The maximum absolute atomic E-state index is 13.6. The normalized spacial score (nSPS) is 15.9. The zero-order chi connectivity index (χ0) is 20.2. The average Bonchev–Trinajstić information content (AvgIpc) is 3.30. The van der Waals surface area contributed by atoms with Crippen LogP contribution in [0.15, 0.2) is 61.2 Å². The van der Waals surface area contributed by atoms with E-state index < -0.39 is 17.7 Å². The number of aromatic nitrogens is 3. The van der Waals surface area contributed by atoms with E-state index in [9.17, 15) is 13.6 Å². The van der Waals surface area contributed by atoms with Gasteiger partial charge in [0.25, 0.3) is 5.91 Å². The molecule has 0 unspecified atom stereocenters. The Morgan fingerprint density at radius 3 is 2.48 bits per heavy atom. The number of ether oxygens (including phenoxy) is 1. The minimum atomic E-state index is -1.02. The maximum Gasteiger partial charge on any atom is 0.268 e. The molecule has 1 atom stereocenters. The topological polar surface area (TPSA) is 60.2 Å². The molecule has 0 radical (unpaired) electrons. The Morgan fingerprint density at radius 1 is 1.07 bits per heavy atom. The van der Waals surface area contributed by atoms with Crippen LogP contribution >= 0.6 is 0 Å². The number of likely N-dealkylation sites (tertiary alicyclic amines) is 1. The van der Waals surface area contributed by atoms with Gasteiger partial charge in [-0.25, -0.2) is 18.4 Å². The van der Waals surface area contributed by atoms with Crippen LogP contribution in [0.25, 0.3) is 0 Å². The van der Waals surface area contributed by atoms with Gasteiger partial charge in [-0.1, -0.05) is 30.3 Å². The monoisotopic (exact) mass is 398 g/mol. The van der Waals surface area contributed by atoms with E-state index in [1.54, 1.807) is 35.5 Å². The molecule has 1 fully saturated rings. The molecule has 1 saturated heterocycles. The van der Waals surface area contributed by atoms with E-state index >= 15 is 0 Å². The van der Waals surface area contributed by atoms with Gasteiger partial charge in [0.2, 0.25) is 6.10 Å². The van der Waals surface area contributed by atoms with E-state index in [2.05, 4.69) is 10.1 Å². The van der Waals surface area contributed by atoms with E-state index in [4.69, 9.17) is 4.74 Å². The largest absolute Gasteiger partial charge is 0.476 e. The Labute approximate surface area is 166 Å². The molecule has 0 bridgehead atoms. The van der Waals surface area contributed by atoms with E-state index in [0.717, 1.165) is 25.0 Å². The Morgan fingerprint density at radius 2 is 1.83 bits per heavy atom. The van der Waals surface area contributed by atoms with Gasteiger partial charge in [0.15, 0.2) is 11.6 Å². The van der Waals surface area contributed by atoms with Crippen molar-refractivity contribution >= 4 is 5.91 Å². The van der Waals surface area contributed by atoms with E-state index in [1.165, 1.54) is 12.4 Å². The van der Waals surface area contributed by atoms with Gasteiger partial charge >= 0.3 is 0 Å². The second kappa shape index (κ2) is 8.38. The Bertz CT molecular complexity index is 958. The number of benzene rings is 2. The minimum absolute atomic E-state index is 0.101. The molecule has 2 aromatic carbocycles. The van der Waals surface area contributed by atoms with Gasteiger partial charge in [0, 0.05) is 24.7 Å². The highest BCUT2D eigenvalue weighted by Crippen LogP contribution is 2.28. The van der Waals surface area contributed by atoms with Crippen LogP contribution in [-0.4, -0.2) is 38.7 Å². The van der Waals surface area contributed by atoms with E-state index in [0.29, 0.717) is 18.7 Å². The van der Waals surface area contributed by atoms with Crippen molar-refractivity contribution in [3.8, 4) is 5.75 Å². The zero-order valence-corrected chi connectivity index (χ0v) is 15.6. The molecule has 1 aromatic heterocycles. The lowest BCUT2D eigenvalue weighted by atomic mass is 10.0. The van der Waals surface area contributed by atoms with Crippen LogP contribution in [-0.2, 0) is 4.79 Å². The predicted molar refractivity (Wildman–Crippen MR) is 101 cm³/mol. The maximum atomic E-state index is 13.6. The van der Waals surface area contributed by atoms with Gasteiger partial charge in [-0.05, 0) is 25.0 Å². The third-order valence-electron chi connectivity index (χ3n) is 5.06. The van der Waals surface area contributed by atoms with Crippen molar-refractivity contribution in [2.45, 2.75) is 25.0 Å². The number of halogens is 2. The van der Waals surface area contributed by atoms with Gasteiger partial charge in [-0.3, -0.25) is 4.79 Å². The highest BCUT2D eigenvalue weighted by atomic mass is 19.2. The first-order valence-corrected chi connectivity index (χ1v) is 9.41. The van der Waals surface area contributed by atoms with Crippen LogP contribution in [0.4, 0.5) is 8.78 Å². The quantitative estimate of drug-likeness (QED) is 0.660. The highest BCUT2D eigenvalue weighted by Gasteiger charge is 2.31. The molecule has 0 N–H and O–H groups in total. The summed E-state index contributed by atoms with van der Waals surface area (Å²) in [6.45, 7) is 1.10. The smallest absolute Gasteiger partial charge is 0.268 e. The summed E-state index contributed by atoms with van der Waals surface area (Å²) in [7, 11) is 0. The van der Waals surface area contributed by atoms with Crippen LogP contribution in [0.3, 0.4) is 0 Å². The highest BCUT2D eigenvalue weighted by molar-refractivity contribution is 5.82. The van der Waals surface area contributed by atoms with E-state index in [1.807, 2.05) is 10.7 Å². The third-order valence-corrected chi connectivity index (χ3v) is 5.06. The van der Waals surface area contributed by atoms with Crippen molar-refractivity contribution in [2.75, 3.05) is 13.1 Å². The number of carbonyl (C=O) groups is 1. The van der Waals surface area contributed by atoms with Gasteiger partial charge < -0.3 is 9.64 Å². The molecule has 0 aliphatic carbocycles. The molecule has 150 valence electrons. The van der Waals surface area contributed by atoms with Crippen LogP contribution in [0, 0.1) is 11.6 Å². The summed E-state index contributed by atoms with van der Waals surface area (Å²) >= 11 is 0. The zero-order valence-electron chi connectivity index (χ0n) is 15.6. The first-order valence-electron chi connectivity index (χ1n) is 9.41. The number of carbonyl (C=O) groups excluding carboxylic acids is 1. The Kier molecular flexibility index (Phi) is 5.50. The first-order chi connectivity index (χ1) is 14.1. The van der Waals surface area contributed by atoms with Crippen molar-refractivity contribution in [3.63, 3.8) is 0 Å². The summed E-state index contributed by atoms with van der Waals surface area (Å²) in [6.07, 6.45) is 3.74. The second-order valence-corrected chi connectivity index (χ2v) is 6.92. The number of rotatable bonds is 5. The van der Waals surface area contributed by atoms with Crippen LogP contribution < -0.4 is 4.74 Å². The molecule has 29 heavy (non-hydrogen) atoms. The lowest BCUT2D eigenvalue weighted by Crippen LogP contribution is -2.42. The van der Waals surface area contributed by atoms with Crippen LogP contribution in [0.5, 0.6) is 5.75 Å². The number of nitrogens with zero attached hydrogens (tertiary/aromatic N) is 4. The summed E-state index contributed by atoms with van der Waals surface area (Å²) in [5.74, 6) is -2.09. The summed E-state index contributed by atoms with van der Waals surface area (Å²) in [5, 5.41) is 4.17. The standard InChI is InChI=1S/C21H20F2N4O2/c22-18-7-6-17(12-19(18)23)29-20(15-4-2-1-3-5-15)21(28)26-10-8-16(9-11-26)27-14-24-13-25-27/h1-7,12-14,16,20H,8-11H2/t20-/m0/s1. The molecule has 4 rings (SSSR count).